The highest BCUT2D eigenvalue weighted by Gasteiger charge is 2.14. The minimum absolute atomic E-state index is 0.124. The molecule has 0 atom stereocenters. The van der Waals surface area contributed by atoms with Gasteiger partial charge in [0.05, 0.1) is 18.0 Å². The van der Waals surface area contributed by atoms with Crippen LogP contribution in [0.15, 0.2) is 53.7 Å². The predicted octanol–water partition coefficient (Wildman–Crippen LogP) is 3.68. The summed E-state index contributed by atoms with van der Waals surface area (Å²) < 4.78 is 7.45. The zero-order chi connectivity index (χ0) is 20.8. The lowest BCUT2D eigenvalue weighted by atomic mass is 10.2. The van der Waals surface area contributed by atoms with E-state index in [4.69, 9.17) is 4.74 Å². The third kappa shape index (κ3) is 5.08. The van der Waals surface area contributed by atoms with Crippen LogP contribution in [0, 0.1) is 0 Å². The van der Waals surface area contributed by atoms with Gasteiger partial charge in [0.1, 0.15) is 5.75 Å². The van der Waals surface area contributed by atoms with Crippen LogP contribution < -0.4 is 15.0 Å². The van der Waals surface area contributed by atoms with E-state index in [0.717, 1.165) is 17.1 Å². The van der Waals surface area contributed by atoms with Crippen molar-refractivity contribution in [3.8, 4) is 17.1 Å². The molecule has 0 saturated carbocycles. The van der Waals surface area contributed by atoms with E-state index in [9.17, 15) is 4.79 Å². The van der Waals surface area contributed by atoms with E-state index in [-0.39, 0.29) is 11.7 Å². The van der Waals surface area contributed by atoms with Gasteiger partial charge in [-0.2, -0.15) is 0 Å². The summed E-state index contributed by atoms with van der Waals surface area (Å²) in [6.45, 7) is 2.45. The van der Waals surface area contributed by atoms with Gasteiger partial charge in [-0.25, -0.2) is 0 Å². The zero-order valence-corrected chi connectivity index (χ0v) is 17.9. The van der Waals surface area contributed by atoms with Crippen molar-refractivity contribution in [1.82, 2.24) is 14.8 Å². The van der Waals surface area contributed by atoms with Crippen LogP contribution in [0.1, 0.15) is 6.92 Å². The monoisotopic (exact) mass is 411 g/mol. The number of carbonyl (C=O) groups is 1. The van der Waals surface area contributed by atoms with Crippen molar-refractivity contribution in [3.63, 3.8) is 0 Å². The van der Waals surface area contributed by atoms with Crippen LogP contribution in [-0.4, -0.2) is 47.1 Å². The number of anilines is 2. The molecule has 0 bridgehead atoms. The highest BCUT2D eigenvalue weighted by molar-refractivity contribution is 7.99. The van der Waals surface area contributed by atoms with E-state index in [1.54, 1.807) is 0 Å². The van der Waals surface area contributed by atoms with Crippen molar-refractivity contribution >= 4 is 29.0 Å². The molecule has 0 radical (unpaired) electrons. The molecule has 0 saturated heterocycles. The molecule has 1 amide bonds. The smallest absolute Gasteiger partial charge is 0.234 e. The van der Waals surface area contributed by atoms with Crippen molar-refractivity contribution in [1.29, 1.82) is 0 Å². The van der Waals surface area contributed by atoms with E-state index in [0.29, 0.717) is 23.2 Å². The van der Waals surface area contributed by atoms with Crippen LogP contribution in [0.25, 0.3) is 11.4 Å². The Morgan fingerprint density at radius 1 is 1.17 bits per heavy atom. The summed E-state index contributed by atoms with van der Waals surface area (Å²) in [6.07, 6.45) is 0. The van der Waals surface area contributed by atoms with E-state index in [1.165, 1.54) is 11.8 Å². The number of carbonyl (C=O) groups excluding carboxylic acids is 1. The molecule has 2 aromatic carbocycles. The Labute approximate surface area is 175 Å². The first-order valence-corrected chi connectivity index (χ1v) is 10.3. The summed E-state index contributed by atoms with van der Waals surface area (Å²) in [6, 6.07) is 15.5. The van der Waals surface area contributed by atoms with Gasteiger partial charge in [0.25, 0.3) is 0 Å². The molecule has 0 spiro atoms. The second-order valence-electron chi connectivity index (χ2n) is 6.58. The van der Waals surface area contributed by atoms with Gasteiger partial charge in [0.15, 0.2) is 11.0 Å². The molecule has 3 aromatic rings. The minimum Gasteiger partial charge on any atom is -0.492 e. The van der Waals surface area contributed by atoms with E-state index < -0.39 is 0 Å². The Morgan fingerprint density at radius 2 is 1.97 bits per heavy atom. The summed E-state index contributed by atoms with van der Waals surface area (Å²) in [7, 11) is 5.90. The predicted molar refractivity (Wildman–Crippen MR) is 118 cm³/mol. The van der Waals surface area contributed by atoms with E-state index in [1.807, 2.05) is 80.0 Å². The quantitative estimate of drug-likeness (QED) is 0.570. The fourth-order valence-electron chi connectivity index (χ4n) is 2.78. The lowest BCUT2D eigenvalue weighted by molar-refractivity contribution is -0.113. The van der Waals surface area contributed by atoms with Crippen LogP contribution in [0.5, 0.6) is 5.75 Å². The minimum atomic E-state index is -0.124. The number of para-hydroxylation sites is 2. The third-order valence-electron chi connectivity index (χ3n) is 4.25. The molecule has 29 heavy (non-hydrogen) atoms. The maximum Gasteiger partial charge on any atom is 0.234 e. The molecule has 3 rings (SSSR count). The summed E-state index contributed by atoms with van der Waals surface area (Å²) >= 11 is 1.35. The first-order chi connectivity index (χ1) is 14.0. The number of amides is 1. The maximum absolute atomic E-state index is 12.4. The molecule has 0 unspecified atom stereocenters. The maximum atomic E-state index is 12.4. The van der Waals surface area contributed by atoms with Gasteiger partial charge >= 0.3 is 0 Å². The van der Waals surface area contributed by atoms with Gasteiger partial charge < -0.3 is 19.5 Å². The molecule has 0 aliphatic carbocycles. The number of benzene rings is 2. The summed E-state index contributed by atoms with van der Waals surface area (Å²) in [4.78, 5) is 14.4. The molecule has 7 nitrogen and oxygen atoms in total. The number of thioether (sulfide) groups is 1. The fraction of sp³-hybridized carbons (Fsp3) is 0.286. The fourth-order valence-corrected chi connectivity index (χ4v) is 3.49. The highest BCUT2D eigenvalue weighted by Crippen LogP contribution is 2.27. The summed E-state index contributed by atoms with van der Waals surface area (Å²) in [5.74, 6) is 1.53. The molecule has 0 fully saturated rings. The molecule has 0 aliphatic heterocycles. The first-order valence-electron chi connectivity index (χ1n) is 9.31. The topological polar surface area (TPSA) is 72.3 Å². The van der Waals surface area contributed by atoms with Crippen LogP contribution >= 0.6 is 11.8 Å². The van der Waals surface area contributed by atoms with Crippen molar-refractivity contribution in [2.24, 2.45) is 7.05 Å². The average Bonchev–Trinajstić information content (AvgIpc) is 3.08. The standard InChI is InChI=1S/C21H25N5O2S/c1-5-28-18-12-7-6-11-17(18)22-19(27)14-29-21-24-23-20(26(21)4)15-9-8-10-16(13-15)25(2)3/h6-13H,5,14H2,1-4H3,(H,22,27). The zero-order valence-electron chi connectivity index (χ0n) is 17.0. The van der Waals surface area contributed by atoms with Crippen molar-refractivity contribution in [2.75, 3.05) is 36.7 Å². The van der Waals surface area contributed by atoms with E-state index in [2.05, 4.69) is 21.6 Å². The third-order valence-corrected chi connectivity index (χ3v) is 5.27. The molecular formula is C21H25N5O2S. The van der Waals surface area contributed by atoms with Gasteiger partial charge in [0, 0.05) is 32.4 Å². The number of nitrogens with zero attached hydrogens (tertiary/aromatic N) is 4. The van der Waals surface area contributed by atoms with Crippen LogP contribution in [0.4, 0.5) is 11.4 Å². The van der Waals surface area contributed by atoms with E-state index >= 15 is 0 Å². The molecule has 1 N–H and O–H groups in total. The number of hydrogen-bond donors (Lipinski definition) is 1. The Balaban J connectivity index is 1.66. The summed E-state index contributed by atoms with van der Waals surface area (Å²) in [5, 5.41) is 12.1. The Bertz CT molecular complexity index is 987. The second kappa shape index (κ2) is 9.47. The SMILES string of the molecule is CCOc1ccccc1NC(=O)CSc1nnc(-c2cccc(N(C)C)c2)n1C. The van der Waals surface area contributed by atoms with Gasteiger partial charge in [-0.05, 0) is 31.2 Å². The first kappa shape index (κ1) is 20.7. The largest absolute Gasteiger partial charge is 0.492 e. The Kier molecular flexibility index (Phi) is 6.77. The highest BCUT2D eigenvalue weighted by atomic mass is 32.2. The number of nitrogens with one attached hydrogen (secondary N) is 1. The normalized spacial score (nSPS) is 10.6. The lowest BCUT2D eigenvalue weighted by Crippen LogP contribution is -2.15. The van der Waals surface area contributed by atoms with Crippen LogP contribution in [-0.2, 0) is 11.8 Å². The Morgan fingerprint density at radius 3 is 2.72 bits per heavy atom. The van der Waals surface area contributed by atoms with Gasteiger partial charge in [0.2, 0.25) is 5.91 Å². The number of aromatic nitrogens is 3. The second-order valence-corrected chi connectivity index (χ2v) is 7.52. The molecule has 8 heteroatoms. The van der Waals surface area contributed by atoms with Gasteiger partial charge in [-0.1, -0.05) is 36.0 Å². The van der Waals surface area contributed by atoms with Crippen molar-refractivity contribution in [3.05, 3.63) is 48.5 Å². The number of ether oxygens (including phenoxy) is 1. The number of rotatable bonds is 8. The molecular weight excluding hydrogens is 386 g/mol. The number of hydrogen-bond acceptors (Lipinski definition) is 6. The van der Waals surface area contributed by atoms with Gasteiger partial charge in [-0.3, -0.25) is 4.79 Å². The molecule has 152 valence electrons. The van der Waals surface area contributed by atoms with Crippen LogP contribution in [0.3, 0.4) is 0 Å². The Hall–Kier alpha value is -3.00. The van der Waals surface area contributed by atoms with Gasteiger partial charge in [-0.15, -0.1) is 10.2 Å². The summed E-state index contributed by atoms with van der Waals surface area (Å²) in [5.41, 5.74) is 2.74. The van der Waals surface area contributed by atoms with Crippen molar-refractivity contribution < 1.29 is 9.53 Å². The molecule has 1 aromatic heterocycles. The average molecular weight is 412 g/mol. The lowest BCUT2D eigenvalue weighted by Gasteiger charge is -2.13. The molecule has 0 aliphatic rings. The van der Waals surface area contributed by atoms with Crippen molar-refractivity contribution in [2.45, 2.75) is 12.1 Å². The van der Waals surface area contributed by atoms with Crippen LogP contribution in [0.2, 0.25) is 0 Å². The molecule has 1 heterocycles.